The lowest BCUT2D eigenvalue weighted by Crippen LogP contribution is -2.18. The number of amides is 1. The number of anilines is 1. The highest BCUT2D eigenvalue weighted by Crippen LogP contribution is 2.16. The Bertz CT molecular complexity index is 1100. The molecule has 0 aliphatic carbocycles. The first kappa shape index (κ1) is 19.1. The molecule has 3 aromatic rings. The number of nitrogens with zero attached hydrogens (tertiary/aromatic N) is 1. The molecule has 0 saturated carbocycles. The quantitative estimate of drug-likeness (QED) is 0.440. The maximum atomic E-state index is 12.3. The average molecular weight is 395 g/mol. The molecule has 0 radical (unpaired) electrons. The minimum atomic E-state index is -3.69. The molecule has 142 valence electrons. The standard InChI is InChI=1S/C20H17N3O4S/c24-18-6-4-5-15(13-18)14-21-22-20(25)16-9-11-17(12-10-16)23-28(26,27)19-7-2-1-3-8-19/h1-14,23-24H,(H,22,25)/b21-14+. The molecule has 0 heterocycles. The summed E-state index contributed by atoms with van der Waals surface area (Å²) in [5.41, 5.74) is 3.65. The smallest absolute Gasteiger partial charge is 0.271 e. The van der Waals surface area contributed by atoms with Gasteiger partial charge in [0.15, 0.2) is 0 Å². The Morgan fingerprint density at radius 1 is 0.929 bits per heavy atom. The van der Waals surface area contributed by atoms with E-state index in [0.29, 0.717) is 16.8 Å². The van der Waals surface area contributed by atoms with Crippen molar-refractivity contribution in [2.45, 2.75) is 4.90 Å². The molecule has 0 aliphatic heterocycles. The summed E-state index contributed by atoms with van der Waals surface area (Å²) in [4.78, 5) is 12.3. The van der Waals surface area contributed by atoms with Crippen LogP contribution < -0.4 is 10.1 Å². The Kier molecular flexibility index (Phi) is 5.71. The van der Waals surface area contributed by atoms with E-state index in [1.807, 2.05) is 0 Å². The number of phenolic OH excluding ortho intramolecular Hbond substituents is 1. The molecular weight excluding hydrogens is 378 g/mol. The molecule has 0 aromatic heterocycles. The summed E-state index contributed by atoms with van der Waals surface area (Å²) in [6.45, 7) is 0. The maximum Gasteiger partial charge on any atom is 0.271 e. The number of rotatable bonds is 6. The zero-order valence-corrected chi connectivity index (χ0v) is 15.4. The summed E-state index contributed by atoms with van der Waals surface area (Å²) < 4.78 is 27.0. The topological polar surface area (TPSA) is 108 Å². The van der Waals surface area contributed by atoms with Crippen molar-refractivity contribution in [3.63, 3.8) is 0 Å². The molecule has 0 atom stereocenters. The van der Waals surface area contributed by atoms with E-state index in [2.05, 4.69) is 15.2 Å². The molecule has 0 saturated heterocycles. The van der Waals surface area contributed by atoms with Crippen molar-refractivity contribution in [3.8, 4) is 5.75 Å². The van der Waals surface area contributed by atoms with Crippen LogP contribution in [0.4, 0.5) is 5.69 Å². The SMILES string of the molecule is O=C(N/N=C/c1cccc(O)c1)c1ccc(NS(=O)(=O)c2ccccc2)cc1. The van der Waals surface area contributed by atoms with E-state index < -0.39 is 15.9 Å². The van der Waals surface area contributed by atoms with Crippen LogP contribution in [0.5, 0.6) is 5.75 Å². The van der Waals surface area contributed by atoms with Gasteiger partial charge in [0.05, 0.1) is 11.1 Å². The summed E-state index contributed by atoms with van der Waals surface area (Å²) in [5.74, 6) is -0.349. The molecule has 0 fully saturated rings. The highest BCUT2D eigenvalue weighted by Gasteiger charge is 2.13. The Balaban J connectivity index is 1.63. The number of benzene rings is 3. The summed E-state index contributed by atoms with van der Waals surface area (Å²) in [6.07, 6.45) is 1.40. The maximum absolute atomic E-state index is 12.3. The van der Waals surface area contributed by atoms with Gasteiger partial charge in [-0.1, -0.05) is 30.3 Å². The van der Waals surface area contributed by atoms with Gasteiger partial charge in [-0.25, -0.2) is 13.8 Å². The largest absolute Gasteiger partial charge is 0.508 e. The lowest BCUT2D eigenvalue weighted by atomic mass is 10.2. The van der Waals surface area contributed by atoms with Crippen molar-refractivity contribution < 1.29 is 18.3 Å². The molecule has 3 rings (SSSR count). The van der Waals surface area contributed by atoms with E-state index in [0.717, 1.165) is 0 Å². The average Bonchev–Trinajstić information content (AvgIpc) is 2.69. The van der Waals surface area contributed by atoms with Crippen molar-refractivity contribution in [1.29, 1.82) is 0 Å². The second-order valence-electron chi connectivity index (χ2n) is 5.79. The van der Waals surface area contributed by atoms with Crippen molar-refractivity contribution >= 4 is 27.8 Å². The third-order valence-electron chi connectivity index (χ3n) is 3.70. The van der Waals surface area contributed by atoms with Crippen molar-refractivity contribution in [1.82, 2.24) is 5.43 Å². The van der Waals surface area contributed by atoms with Crippen LogP contribution in [0.3, 0.4) is 0 Å². The third kappa shape index (κ3) is 4.95. The van der Waals surface area contributed by atoms with Crippen molar-refractivity contribution in [3.05, 3.63) is 90.0 Å². The van der Waals surface area contributed by atoms with Gasteiger partial charge in [-0.05, 0) is 54.1 Å². The number of sulfonamides is 1. The predicted octanol–water partition coefficient (Wildman–Crippen LogP) is 2.96. The Morgan fingerprint density at radius 2 is 1.64 bits per heavy atom. The first-order valence-corrected chi connectivity index (χ1v) is 9.73. The van der Waals surface area contributed by atoms with Gasteiger partial charge in [0.25, 0.3) is 15.9 Å². The highest BCUT2D eigenvalue weighted by molar-refractivity contribution is 7.92. The van der Waals surface area contributed by atoms with Crippen LogP contribution in [-0.4, -0.2) is 25.6 Å². The molecule has 0 unspecified atom stereocenters. The van der Waals surface area contributed by atoms with E-state index in [1.54, 1.807) is 30.3 Å². The van der Waals surface area contributed by atoms with Crippen LogP contribution in [0.25, 0.3) is 0 Å². The lowest BCUT2D eigenvalue weighted by Gasteiger charge is -2.08. The summed E-state index contributed by atoms with van der Waals surface area (Å²) in [6, 6.07) is 20.4. The number of phenols is 1. The van der Waals surface area contributed by atoms with Gasteiger partial charge >= 0.3 is 0 Å². The van der Waals surface area contributed by atoms with Gasteiger partial charge < -0.3 is 5.11 Å². The van der Waals surface area contributed by atoms with E-state index in [1.165, 1.54) is 54.7 Å². The van der Waals surface area contributed by atoms with Crippen molar-refractivity contribution in [2.75, 3.05) is 4.72 Å². The van der Waals surface area contributed by atoms with Gasteiger partial charge in [-0.3, -0.25) is 9.52 Å². The summed E-state index contributed by atoms with van der Waals surface area (Å²) >= 11 is 0. The molecule has 3 aromatic carbocycles. The number of carbonyl (C=O) groups is 1. The lowest BCUT2D eigenvalue weighted by molar-refractivity contribution is 0.0955. The first-order chi connectivity index (χ1) is 13.4. The Labute approximate surface area is 162 Å². The van der Waals surface area contributed by atoms with Crippen LogP contribution in [0.2, 0.25) is 0 Å². The van der Waals surface area contributed by atoms with Crippen LogP contribution in [0.1, 0.15) is 15.9 Å². The zero-order valence-electron chi connectivity index (χ0n) is 14.6. The minimum Gasteiger partial charge on any atom is -0.508 e. The first-order valence-electron chi connectivity index (χ1n) is 8.24. The molecule has 0 spiro atoms. The highest BCUT2D eigenvalue weighted by atomic mass is 32.2. The third-order valence-corrected chi connectivity index (χ3v) is 5.10. The fourth-order valence-corrected chi connectivity index (χ4v) is 3.42. The van der Waals surface area contributed by atoms with Gasteiger partial charge in [-0.15, -0.1) is 0 Å². The van der Waals surface area contributed by atoms with Crippen LogP contribution in [0, 0.1) is 0 Å². The molecule has 8 heteroatoms. The summed E-state index contributed by atoms with van der Waals surface area (Å²) in [5, 5.41) is 13.2. The minimum absolute atomic E-state index is 0.101. The van der Waals surface area contributed by atoms with Crippen LogP contribution >= 0.6 is 0 Å². The number of hydrogen-bond donors (Lipinski definition) is 3. The number of carbonyl (C=O) groups excluding carboxylic acids is 1. The fraction of sp³-hybridized carbons (Fsp3) is 0. The van der Waals surface area contributed by atoms with Crippen LogP contribution in [-0.2, 0) is 10.0 Å². The van der Waals surface area contributed by atoms with E-state index in [-0.39, 0.29) is 10.6 Å². The molecule has 28 heavy (non-hydrogen) atoms. The number of aromatic hydroxyl groups is 1. The fourth-order valence-electron chi connectivity index (χ4n) is 2.34. The van der Waals surface area contributed by atoms with Gasteiger partial charge in [0, 0.05) is 11.3 Å². The molecule has 1 amide bonds. The number of hydrogen-bond acceptors (Lipinski definition) is 5. The van der Waals surface area contributed by atoms with E-state index >= 15 is 0 Å². The molecular formula is C20H17N3O4S. The summed E-state index contributed by atoms with van der Waals surface area (Å²) in [7, 11) is -3.69. The second-order valence-corrected chi connectivity index (χ2v) is 7.47. The number of nitrogens with one attached hydrogen (secondary N) is 2. The van der Waals surface area contributed by atoms with Gasteiger partial charge in [-0.2, -0.15) is 5.10 Å². The molecule has 0 bridgehead atoms. The van der Waals surface area contributed by atoms with Crippen molar-refractivity contribution in [2.24, 2.45) is 5.10 Å². The van der Waals surface area contributed by atoms with Crippen LogP contribution in [0.15, 0.2) is 88.9 Å². The molecule has 0 aliphatic rings. The monoisotopic (exact) mass is 395 g/mol. The zero-order chi connectivity index (χ0) is 20.0. The van der Waals surface area contributed by atoms with E-state index in [4.69, 9.17) is 0 Å². The van der Waals surface area contributed by atoms with E-state index in [9.17, 15) is 18.3 Å². The van der Waals surface area contributed by atoms with Gasteiger partial charge in [0.1, 0.15) is 5.75 Å². The Morgan fingerprint density at radius 3 is 2.32 bits per heavy atom. The molecule has 3 N–H and O–H groups in total. The van der Waals surface area contributed by atoms with Gasteiger partial charge in [0.2, 0.25) is 0 Å². The normalized spacial score (nSPS) is 11.3. The Hall–Kier alpha value is -3.65. The molecule has 7 nitrogen and oxygen atoms in total. The second kappa shape index (κ2) is 8.36. The predicted molar refractivity (Wildman–Crippen MR) is 107 cm³/mol. The number of hydrazone groups is 1.